The van der Waals surface area contributed by atoms with Gasteiger partial charge in [0.1, 0.15) is 5.82 Å². The summed E-state index contributed by atoms with van der Waals surface area (Å²) in [6.07, 6.45) is 3.26. The number of nitriles is 2. The zero-order chi connectivity index (χ0) is 27.2. The van der Waals surface area contributed by atoms with Gasteiger partial charge in [-0.05, 0) is 72.3 Å². The predicted molar refractivity (Wildman–Crippen MR) is 149 cm³/mol. The molecule has 0 aliphatic heterocycles. The molecule has 0 bridgehead atoms. The van der Waals surface area contributed by atoms with Crippen molar-refractivity contribution in [3.63, 3.8) is 0 Å². The molecule has 0 aliphatic carbocycles. The standard InChI is InChI=1S/C14H9BrN2O.C7H4BrClO.C6H5N3/c15-12-3-1-11(2-4-12)14(18)8-13-7-10(9-16)5-6-17-13;8-6-3-1-5(2-4-6)7(9)10;7-4-5-1-2-9-6(8)3-5/h1-7H,8H2;1-4H;1-3H,(H2,8,9). The first-order valence-electron chi connectivity index (χ1n) is 10.4. The zero-order valence-electron chi connectivity index (χ0n) is 19.1. The van der Waals surface area contributed by atoms with Gasteiger partial charge in [-0.25, -0.2) is 4.98 Å². The molecule has 0 atom stereocenters. The van der Waals surface area contributed by atoms with Gasteiger partial charge in [0.05, 0.1) is 29.7 Å². The Hall–Kier alpha value is -3.89. The molecule has 2 aromatic carbocycles. The molecule has 184 valence electrons. The Balaban J connectivity index is 0.000000214. The summed E-state index contributed by atoms with van der Waals surface area (Å²) in [6, 6.07) is 24.4. The Morgan fingerprint density at radius 2 is 1.27 bits per heavy atom. The van der Waals surface area contributed by atoms with Crippen molar-refractivity contribution >= 4 is 60.3 Å². The maximum Gasteiger partial charge on any atom is 0.252 e. The van der Waals surface area contributed by atoms with E-state index in [2.05, 4.69) is 41.8 Å². The molecule has 4 rings (SSSR count). The lowest BCUT2D eigenvalue weighted by molar-refractivity contribution is 0.0991. The maximum atomic E-state index is 12.0. The van der Waals surface area contributed by atoms with Gasteiger partial charge in [-0.15, -0.1) is 0 Å². The first-order valence-corrected chi connectivity index (χ1v) is 12.4. The second-order valence-corrected chi connectivity index (χ2v) is 9.29. The fourth-order valence-electron chi connectivity index (χ4n) is 2.65. The van der Waals surface area contributed by atoms with Gasteiger partial charge in [-0.1, -0.05) is 44.0 Å². The summed E-state index contributed by atoms with van der Waals surface area (Å²) in [5, 5.41) is 16.7. The molecular formula is C27H18Br2ClN5O2. The second kappa shape index (κ2) is 15.3. The van der Waals surface area contributed by atoms with Crippen LogP contribution in [0.2, 0.25) is 0 Å². The fourth-order valence-corrected chi connectivity index (χ4v) is 3.30. The Morgan fingerprint density at radius 3 is 1.73 bits per heavy atom. The van der Waals surface area contributed by atoms with Crippen LogP contribution in [0, 0.1) is 22.7 Å². The average molecular weight is 640 g/mol. The number of aromatic nitrogens is 2. The normalized spacial score (nSPS) is 9.32. The van der Waals surface area contributed by atoms with E-state index in [-0.39, 0.29) is 12.2 Å². The topological polar surface area (TPSA) is 134 Å². The molecule has 37 heavy (non-hydrogen) atoms. The minimum absolute atomic E-state index is 0.00918. The molecule has 10 heteroatoms. The van der Waals surface area contributed by atoms with Crippen molar-refractivity contribution in [1.82, 2.24) is 9.97 Å². The molecule has 2 N–H and O–H groups in total. The number of halogens is 3. The lowest BCUT2D eigenvalue weighted by Crippen LogP contribution is -2.05. The molecule has 0 saturated carbocycles. The van der Waals surface area contributed by atoms with Crippen LogP contribution in [-0.4, -0.2) is 21.0 Å². The highest BCUT2D eigenvalue weighted by atomic mass is 79.9. The van der Waals surface area contributed by atoms with Crippen LogP contribution in [0.5, 0.6) is 0 Å². The van der Waals surface area contributed by atoms with E-state index < -0.39 is 5.24 Å². The molecule has 0 unspecified atom stereocenters. The number of nitrogens with two attached hydrogens (primary N) is 1. The number of rotatable bonds is 4. The van der Waals surface area contributed by atoms with E-state index in [1.165, 1.54) is 12.3 Å². The minimum Gasteiger partial charge on any atom is -0.384 e. The van der Waals surface area contributed by atoms with Crippen molar-refractivity contribution < 1.29 is 9.59 Å². The summed E-state index contributed by atoms with van der Waals surface area (Å²) in [5.41, 5.74) is 8.11. The number of nitrogen functional groups attached to an aromatic ring is 1. The molecule has 4 aromatic rings. The molecule has 0 saturated heterocycles. The van der Waals surface area contributed by atoms with E-state index in [0.717, 1.165) is 8.95 Å². The summed E-state index contributed by atoms with van der Waals surface area (Å²) < 4.78 is 1.87. The number of hydrogen-bond donors (Lipinski definition) is 1. The van der Waals surface area contributed by atoms with Crippen molar-refractivity contribution in [1.29, 1.82) is 10.5 Å². The van der Waals surface area contributed by atoms with E-state index in [0.29, 0.717) is 33.8 Å². The summed E-state index contributed by atoms with van der Waals surface area (Å²) in [7, 11) is 0. The van der Waals surface area contributed by atoms with Gasteiger partial charge in [0.2, 0.25) is 0 Å². The molecule has 0 spiro atoms. The number of hydrogen-bond acceptors (Lipinski definition) is 7. The lowest BCUT2D eigenvalue weighted by Gasteiger charge is -2.01. The molecule has 7 nitrogen and oxygen atoms in total. The van der Waals surface area contributed by atoms with E-state index in [4.69, 9.17) is 27.9 Å². The third-order valence-corrected chi connectivity index (χ3v) is 5.71. The van der Waals surface area contributed by atoms with Gasteiger partial charge < -0.3 is 5.73 Å². The third kappa shape index (κ3) is 10.7. The molecule has 0 amide bonds. The number of ketones is 1. The van der Waals surface area contributed by atoms with Gasteiger partial charge in [0.15, 0.2) is 5.78 Å². The zero-order valence-corrected chi connectivity index (χ0v) is 23.0. The highest BCUT2D eigenvalue weighted by Crippen LogP contribution is 2.13. The largest absolute Gasteiger partial charge is 0.384 e. The van der Waals surface area contributed by atoms with Crippen LogP contribution in [0.4, 0.5) is 5.82 Å². The number of carbonyl (C=O) groups is 2. The number of carbonyl (C=O) groups excluding carboxylic acids is 2. The molecule has 0 aliphatic rings. The summed E-state index contributed by atoms with van der Waals surface area (Å²) in [6.45, 7) is 0. The van der Waals surface area contributed by atoms with Crippen LogP contribution in [0.3, 0.4) is 0 Å². The number of Topliss-reactive ketones (excluding diaryl/α,β-unsaturated/α-hetero) is 1. The van der Waals surface area contributed by atoms with E-state index in [1.807, 2.05) is 24.3 Å². The Morgan fingerprint density at radius 1 is 0.784 bits per heavy atom. The third-order valence-electron chi connectivity index (χ3n) is 4.43. The van der Waals surface area contributed by atoms with Crippen LogP contribution < -0.4 is 5.73 Å². The Bertz CT molecular complexity index is 1450. The highest BCUT2D eigenvalue weighted by Gasteiger charge is 2.08. The second-order valence-electron chi connectivity index (χ2n) is 7.12. The molecule has 2 heterocycles. The molecule has 0 fully saturated rings. The Labute approximate surface area is 235 Å². The van der Waals surface area contributed by atoms with Crippen molar-refractivity contribution in [3.05, 3.63) is 122 Å². The SMILES string of the molecule is N#Cc1ccnc(CC(=O)c2ccc(Br)cc2)c1.N#Cc1ccnc(N)c1.O=C(Cl)c1ccc(Br)cc1. The van der Waals surface area contributed by atoms with Crippen LogP contribution in [-0.2, 0) is 6.42 Å². The minimum atomic E-state index is -0.424. The van der Waals surface area contributed by atoms with E-state index in [1.54, 1.807) is 60.8 Å². The van der Waals surface area contributed by atoms with Crippen molar-refractivity contribution in [2.75, 3.05) is 5.73 Å². The van der Waals surface area contributed by atoms with Gasteiger partial charge in [-0.3, -0.25) is 14.6 Å². The number of benzene rings is 2. The van der Waals surface area contributed by atoms with Gasteiger partial charge in [0.25, 0.3) is 5.24 Å². The van der Waals surface area contributed by atoms with Gasteiger partial charge in [0, 0.05) is 38.2 Å². The molecule has 0 radical (unpaired) electrons. The summed E-state index contributed by atoms with van der Waals surface area (Å²) in [5.74, 6) is 0.374. The summed E-state index contributed by atoms with van der Waals surface area (Å²) >= 11 is 11.8. The van der Waals surface area contributed by atoms with Crippen molar-refractivity contribution in [2.45, 2.75) is 6.42 Å². The van der Waals surface area contributed by atoms with Crippen LogP contribution >= 0.6 is 43.5 Å². The van der Waals surface area contributed by atoms with Crippen molar-refractivity contribution in [2.24, 2.45) is 0 Å². The maximum absolute atomic E-state index is 12.0. The van der Waals surface area contributed by atoms with E-state index in [9.17, 15) is 9.59 Å². The quantitative estimate of drug-likeness (QED) is 0.199. The lowest BCUT2D eigenvalue weighted by atomic mass is 10.1. The van der Waals surface area contributed by atoms with Crippen LogP contribution in [0.25, 0.3) is 0 Å². The fraction of sp³-hybridized carbons (Fsp3) is 0.0370. The molecule has 2 aromatic heterocycles. The Kier molecular flexibility index (Phi) is 12.1. The van der Waals surface area contributed by atoms with Crippen LogP contribution in [0.15, 0.2) is 94.1 Å². The first kappa shape index (κ1) is 29.3. The van der Waals surface area contributed by atoms with Crippen LogP contribution in [0.1, 0.15) is 37.5 Å². The average Bonchev–Trinajstić information content (AvgIpc) is 2.90. The van der Waals surface area contributed by atoms with Gasteiger partial charge >= 0.3 is 0 Å². The highest BCUT2D eigenvalue weighted by molar-refractivity contribution is 9.10. The smallest absolute Gasteiger partial charge is 0.252 e. The predicted octanol–water partition coefficient (Wildman–Crippen LogP) is 6.50. The number of anilines is 1. The summed E-state index contributed by atoms with van der Waals surface area (Å²) in [4.78, 5) is 30.3. The number of nitrogens with zero attached hydrogens (tertiary/aromatic N) is 4. The van der Waals surface area contributed by atoms with E-state index >= 15 is 0 Å². The first-order chi connectivity index (χ1) is 17.7. The van der Waals surface area contributed by atoms with Gasteiger partial charge in [-0.2, -0.15) is 10.5 Å². The number of pyridine rings is 2. The van der Waals surface area contributed by atoms with Crippen molar-refractivity contribution in [3.8, 4) is 12.1 Å². The molecular weight excluding hydrogens is 622 g/mol. The monoisotopic (exact) mass is 637 g/mol.